The Kier molecular flexibility index (Phi) is 31.5. The van der Waals surface area contributed by atoms with Crippen LogP contribution in [0.3, 0.4) is 0 Å². The first-order valence-corrected chi connectivity index (χ1v) is 36.1. The second-order valence-corrected chi connectivity index (χ2v) is 27.6. The minimum absolute atomic E-state index is 0. The molecule has 9 N–H and O–H groups in total. The molecular formula is C65H75BCl2F3N12O11S4. The number of amides is 2. The Morgan fingerprint density at radius 1 is 0.592 bits per heavy atom. The molecule has 6 heterocycles. The second-order valence-electron chi connectivity index (χ2n) is 21.7. The van der Waals surface area contributed by atoms with E-state index in [4.69, 9.17) is 30.6 Å². The third-order valence-electron chi connectivity index (χ3n) is 14.5. The lowest BCUT2D eigenvalue weighted by Crippen LogP contribution is -2.28. The fraction of sp³-hybridized carbons (Fsp3) is 0.277. The molecule has 0 aliphatic carbocycles. The van der Waals surface area contributed by atoms with Crippen LogP contribution in [0.2, 0.25) is 0 Å². The lowest BCUT2D eigenvalue weighted by Gasteiger charge is -2.14. The molecule has 12 rings (SSSR count). The van der Waals surface area contributed by atoms with E-state index < -0.39 is 47.5 Å². The molecule has 6 aromatic carbocycles. The fourth-order valence-electron chi connectivity index (χ4n) is 10.1. The number of carbonyl (C=O) groups is 2. The van der Waals surface area contributed by atoms with Gasteiger partial charge in [0.1, 0.15) is 19.8 Å². The predicted octanol–water partition coefficient (Wildman–Crippen LogP) is 7.31. The first-order valence-electron chi connectivity index (χ1n) is 29.5. The Morgan fingerprint density at radius 2 is 0.959 bits per heavy atom. The van der Waals surface area contributed by atoms with E-state index >= 15 is 0 Å². The highest BCUT2D eigenvalue weighted by Crippen LogP contribution is 2.36. The van der Waals surface area contributed by atoms with E-state index in [1.807, 2.05) is 91.4 Å². The van der Waals surface area contributed by atoms with Crippen molar-refractivity contribution in [3.05, 3.63) is 232 Å². The third kappa shape index (κ3) is 22.5. The maximum Gasteiger partial charge on any atom is 0.259 e. The molecule has 4 unspecified atom stereocenters. The van der Waals surface area contributed by atoms with Gasteiger partial charge >= 0.3 is 0 Å². The van der Waals surface area contributed by atoms with Crippen LogP contribution in [-0.4, -0.2) is 127 Å². The van der Waals surface area contributed by atoms with Crippen LogP contribution in [0.15, 0.2) is 180 Å². The molecule has 523 valence electrons. The molecule has 23 nitrogen and oxygen atoms in total. The summed E-state index contributed by atoms with van der Waals surface area (Å²) < 4.78 is 128. The molecular weight excluding hydrogens is 1390 g/mol. The van der Waals surface area contributed by atoms with Crippen LogP contribution in [0.4, 0.5) is 13.2 Å². The molecule has 3 aromatic heterocycles. The highest BCUT2D eigenvalue weighted by molar-refractivity contribution is 8.08. The minimum Gasteiger partial charge on any atom is -0.489 e. The van der Waals surface area contributed by atoms with E-state index in [1.54, 1.807) is 66.7 Å². The Labute approximate surface area is 586 Å². The fourth-order valence-corrected chi connectivity index (χ4v) is 12.7. The number of nitrogens with one attached hydrogen (secondary N) is 5. The highest BCUT2D eigenvalue weighted by Gasteiger charge is 2.33. The summed E-state index contributed by atoms with van der Waals surface area (Å²) >= 11 is 1.75. The second kappa shape index (κ2) is 38.3. The van der Waals surface area contributed by atoms with Crippen LogP contribution in [0.25, 0.3) is 0 Å². The minimum atomic E-state index is -3.77. The quantitative estimate of drug-likeness (QED) is 0.0220. The molecule has 3 radical (unpaired) electrons. The maximum atomic E-state index is 14.4. The zero-order valence-electron chi connectivity index (χ0n) is 53.9. The number of ether oxygens (including phenoxy) is 3. The van der Waals surface area contributed by atoms with Gasteiger partial charge in [-0.15, -0.1) is 12.4 Å². The Bertz CT molecular complexity index is 4330. The van der Waals surface area contributed by atoms with Crippen LogP contribution >= 0.6 is 34.9 Å². The average Bonchev–Trinajstić information content (AvgIpc) is 1.64. The van der Waals surface area contributed by atoms with E-state index in [0.717, 1.165) is 40.3 Å². The van der Waals surface area contributed by atoms with Gasteiger partial charge in [-0.25, -0.2) is 58.6 Å². The first kappa shape index (κ1) is 80.6. The smallest absolute Gasteiger partial charge is 0.259 e. The zero-order valence-corrected chi connectivity index (χ0v) is 58.7. The van der Waals surface area contributed by atoms with Crippen molar-refractivity contribution < 1.29 is 63.5 Å². The first-order chi connectivity index (χ1) is 45.6. The molecule has 3 aliphatic heterocycles. The Balaban J connectivity index is 0.000000243. The van der Waals surface area contributed by atoms with Crippen molar-refractivity contribution in [2.45, 2.75) is 59.0 Å². The number of nitrogens with zero attached hydrogens (tertiary/aromatic N) is 6. The van der Waals surface area contributed by atoms with Crippen LogP contribution in [0, 0.1) is 17.5 Å². The highest BCUT2D eigenvalue weighted by atomic mass is 35.7. The number of hydrogen-bond donors (Lipinski definition) is 6. The number of benzene rings is 6. The summed E-state index contributed by atoms with van der Waals surface area (Å²) in [4.78, 5) is 35.6. The number of halogens is 5. The third-order valence-corrected chi connectivity index (χ3v) is 18.2. The van der Waals surface area contributed by atoms with Gasteiger partial charge in [-0.3, -0.25) is 9.59 Å². The summed E-state index contributed by atoms with van der Waals surface area (Å²) in [5.41, 5.74) is 12.7. The number of aryl methyl sites for hydroxylation is 3. The van der Waals surface area contributed by atoms with Crippen LogP contribution < -0.4 is 45.3 Å². The summed E-state index contributed by atoms with van der Waals surface area (Å²) in [5.74, 6) is -2.03. The molecule has 2 amide bonds. The SMILES string of the molecule is CSC.Cl.Cn1cnc(S(=O)(=O)NCCOc2cc3c(cc2F)C(=O)NC3Cc2ccccc2)c1.Cn1cnc(S(=O)(=O)NCCOc2cc3c(cc2F)CNC3Cc2ccccc2)c1.Cn1cnc(S(=O)Cl)c1.NCCOc1cc2c(cc1F)C(=O)NC2Cc1ccccc1.O.[B]. The van der Waals surface area contributed by atoms with Crippen molar-refractivity contribution in [2.24, 2.45) is 26.9 Å². The van der Waals surface area contributed by atoms with Crippen molar-refractivity contribution in [3.63, 3.8) is 0 Å². The normalized spacial score (nSPS) is 14.9. The molecule has 0 saturated heterocycles. The average molecular weight is 1470 g/mol. The summed E-state index contributed by atoms with van der Waals surface area (Å²) in [6.45, 7) is 0.988. The summed E-state index contributed by atoms with van der Waals surface area (Å²) in [6, 6.07) is 37.9. The standard InChI is InChI=1S/C21H21FN4O4S.C21H23FN4O3S.C17H17FN2O2.C4H5ClN2OS.C2H6S.B.ClH.H2O/c1-26-12-20(23-13-26)31(28,29)24-7-8-30-19-11-15-16(10-17(19)22)21(27)25-18(15)9-14-5-3-2-4-6-14;1-26-13-21(24-14-26)30(27,28)25-7-8-29-20-11-17-16(10-18(20)22)12-23-19(17)9-15-5-3-2-4-6-15;18-14-9-13-12(10-16(14)22-7-6-19)15(20-17(13)21)8-11-4-2-1-3-5-11;1-7-2-4(6-3-7)9(5)8;1-3-2;;;/h2-6,10-13,18,24H,7-9H2,1H3,(H,25,27);2-6,10-11,13-14,19,23,25H,7-9,12H2,1H3;1-5,9-10,15H,6-8,19H2,(H,20,21);2-3H,1H3;1-2H3;;1H;1H2. The number of aromatic nitrogens is 6. The summed E-state index contributed by atoms with van der Waals surface area (Å²) in [7, 11) is 1.39. The maximum absolute atomic E-state index is 14.4. The topological polar surface area (TPSA) is 318 Å². The van der Waals surface area contributed by atoms with Crippen molar-refractivity contribution in [1.29, 1.82) is 0 Å². The van der Waals surface area contributed by atoms with Crippen molar-refractivity contribution in [1.82, 2.24) is 54.0 Å². The van der Waals surface area contributed by atoms with E-state index in [1.165, 1.54) is 53.4 Å². The number of hydrogen-bond acceptors (Lipinski definition) is 16. The van der Waals surface area contributed by atoms with Gasteiger partial charge in [0, 0.05) is 91.5 Å². The number of carbonyl (C=O) groups excluding carboxylic acids is 2. The molecule has 98 heavy (non-hydrogen) atoms. The molecule has 0 fully saturated rings. The van der Waals surface area contributed by atoms with Crippen LogP contribution in [0.1, 0.15) is 77.8 Å². The lowest BCUT2D eigenvalue weighted by atomic mass is 9.98. The molecule has 0 bridgehead atoms. The van der Waals surface area contributed by atoms with Crippen LogP contribution in [0.5, 0.6) is 17.2 Å². The number of fused-ring (bicyclic) bond motifs is 3. The van der Waals surface area contributed by atoms with Crippen molar-refractivity contribution in [2.75, 3.05) is 52.0 Å². The van der Waals surface area contributed by atoms with Crippen molar-refractivity contribution in [3.8, 4) is 17.2 Å². The Hall–Kier alpha value is -8.08. The molecule has 0 saturated carbocycles. The largest absolute Gasteiger partial charge is 0.489 e. The van der Waals surface area contributed by atoms with E-state index in [9.17, 15) is 43.8 Å². The van der Waals surface area contributed by atoms with E-state index in [2.05, 4.69) is 52.5 Å². The van der Waals surface area contributed by atoms with Gasteiger partial charge in [0.15, 0.2) is 59.8 Å². The van der Waals surface area contributed by atoms with Gasteiger partial charge in [-0.1, -0.05) is 91.0 Å². The number of imidazole rings is 3. The summed E-state index contributed by atoms with van der Waals surface area (Å²) in [6.07, 6.45) is 14.8. The number of thioether (sulfide) groups is 1. The van der Waals surface area contributed by atoms with Gasteiger partial charge in [0.05, 0.1) is 31.1 Å². The van der Waals surface area contributed by atoms with Crippen LogP contribution in [-0.2, 0) is 77.0 Å². The zero-order chi connectivity index (χ0) is 68.2. The number of nitrogens with two attached hydrogens (primary N) is 1. The molecule has 9 aromatic rings. The van der Waals surface area contributed by atoms with Gasteiger partial charge < -0.3 is 55.1 Å². The molecule has 4 atom stereocenters. The molecule has 3 aliphatic rings. The van der Waals surface area contributed by atoms with E-state index in [-0.39, 0.29) is 122 Å². The Morgan fingerprint density at radius 3 is 1.32 bits per heavy atom. The van der Waals surface area contributed by atoms with Gasteiger partial charge in [0.25, 0.3) is 31.9 Å². The predicted molar refractivity (Wildman–Crippen MR) is 373 cm³/mol. The van der Waals surface area contributed by atoms with Gasteiger partial charge in [-0.2, -0.15) is 11.8 Å². The van der Waals surface area contributed by atoms with Gasteiger partial charge in [0.2, 0.25) is 0 Å². The van der Waals surface area contributed by atoms with Crippen molar-refractivity contribution >= 4 is 85.1 Å². The molecule has 0 spiro atoms. The lowest BCUT2D eigenvalue weighted by molar-refractivity contribution is 0.0947. The summed E-state index contributed by atoms with van der Waals surface area (Å²) in [5, 5.41) is 9.40. The monoisotopic (exact) mass is 1470 g/mol. The number of rotatable bonds is 22. The number of sulfonamides is 2. The van der Waals surface area contributed by atoms with Gasteiger partial charge in [-0.05, 0) is 118 Å². The molecule has 33 heteroatoms. The van der Waals surface area contributed by atoms with E-state index in [0.29, 0.717) is 42.1 Å².